The number of hydrogen-bond acceptors (Lipinski definition) is 1. The number of rotatable bonds is 0. The van der Waals surface area contributed by atoms with E-state index in [-0.39, 0.29) is 0 Å². The van der Waals surface area contributed by atoms with Crippen molar-refractivity contribution >= 4 is 12.1 Å². The zero-order chi connectivity index (χ0) is 10.1. The molecule has 15 heavy (non-hydrogen) atoms. The lowest BCUT2D eigenvalue weighted by atomic mass is 9.85. The molecule has 1 saturated carbocycles. The highest BCUT2D eigenvalue weighted by Gasteiger charge is 2.38. The highest BCUT2D eigenvalue weighted by atomic mass is 15.2. The molecule has 2 fully saturated rings. The Morgan fingerprint density at radius 2 is 2.27 bits per heavy atom. The van der Waals surface area contributed by atoms with Crippen LogP contribution in [0.25, 0.3) is 0 Å². The van der Waals surface area contributed by atoms with Crippen LogP contribution in [0.3, 0.4) is 0 Å². The summed E-state index contributed by atoms with van der Waals surface area (Å²) >= 11 is 0. The van der Waals surface area contributed by atoms with Gasteiger partial charge in [0.25, 0.3) is 0 Å². The molecule has 0 spiro atoms. The third kappa shape index (κ3) is 1.80. The fraction of sp³-hybridized carbons (Fsp3) is 0.833. The summed E-state index contributed by atoms with van der Waals surface area (Å²) in [5.41, 5.74) is 0. The molecule has 0 bridgehead atoms. The monoisotopic (exact) mass is 206 g/mol. The summed E-state index contributed by atoms with van der Waals surface area (Å²) < 4.78 is 2.48. The van der Waals surface area contributed by atoms with Crippen LogP contribution in [0.15, 0.2) is 4.99 Å². The lowest BCUT2D eigenvalue weighted by Gasteiger charge is -2.20. The molecule has 3 nitrogen and oxygen atoms in total. The first kappa shape index (κ1) is 9.37. The Hall–Kier alpha value is -0.860. The predicted molar refractivity (Wildman–Crippen MR) is 61.9 cm³/mol. The van der Waals surface area contributed by atoms with Crippen molar-refractivity contribution in [3.63, 3.8) is 0 Å². The van der Waals surface area contributed by atoms with Crippen LogP contribution >= 0.6 is 0 Å². The minimum atomic E-state index is 0.785. The molecule has 0 radical (unpaired) electrons. The second-order valence-electron chi connectivity index (χ2n) is 4.98. The average molecular weight is 206 g/mol. The number of hydrogen-bond donors (Lipinski definition) is 1. The van der Waals surface area contributed by atoms with E-state index in [1.54, 1.807) is 0 Å². The first-order valence-electron chi connectivity index (χ1n) is 6.29. The third-order valence-corrected chi connectivity index (χ3v) is 4.03. The maximum atomic E-state index is 4.28. The average Bonchev–Trinajstić information content (AvgIpc) is 2.74. The van der Waals surface area contributed by atoms with Gasteiger partial charge < -0.3 is 0 Å². The van der Waals surface area contributed by atoms with Crippen molar-refractivity contribution in [2.24, 2.45) is 10.9 Å². The lowest BCUT2D eigenvalue weighted by molar-refractivity contribution is -0.514. The van der Waals surface area contributed by atoms with Gasteiger partial charge in [-0.15, -0.1) is 0 Å². The largest absolute Gasteiger partial charge is 0.289 e. The smallest absolute Gasteiger partial charge is 0.245 e. The summed E-state index contributed by atoms with van der Waals surface area (Å²) in [6.45, 7) is 3.10. The minimum absolute atomic E-state index is 0.785. The van der Waals surface area contributed by atoms with Gasteiger partial charge in [-0.05, 0) is 19.3 Å². The molecule has 82 valence electrons. The molecule has 0 aromatic rings. The van der Waals surface area contributed by atoms with E-state index in [2.05, 4.69) is 21.1 Å². The van der Waals surface area contributed by atoms with Crippen LogP contribution in [0.1, 0.15) is 32.1 Å². The molecule has 1 aliphatic carbocycles. The van der Waals surface area contributed by atoms with Gasteiger partial charge in [0.15, 0.2) is 0 Å². The summed E-state index contributed by atoms with van der Waals surface area (Å²) in [7, 11) is 0. The van der Waals surface area contributed by atoms with E-state index < -0.39 is 0 Å². The maximum Gasteiger partial charge on any atom is 0.245 e. The van der Waals surface area contributed by atoms with E-state index in [1.165, 1.54) is 37.9 Å². The Balaban J connectivity index is 1.76. The molecular formula is C12H20N3+. The van der Waals surface area contributed by atoms with Crippen LogP contribution in [0.5, 0.6) is 0 Å². The summed E-state index contributed by atoms with van der Waals surface area (Å²) in [5.74, 6) is 2.42. The van der Waals surface area contributed by atoms with E-state index in [4.69, 9.17) is 0 Å². The fourth-order valence-corrected chi connectivity index (χ4v) is 3.15. The van der Waals surface area contributed by atoms with Crippen molar-refractivity contribution in [3.8, 4) is 0 Å². The number of nitrogens with one attached hydrogen (secondary N) is 1. The van der Waals surface area contributed by atoms with E-state index in [0.29, 0.717) is 0 Å². The minimum Gasteiger partial charge on any atom is -0.289 e. The van der Waals surface area contributed by atoms with Crippen molar-refractivity contribution < 1.29 is 4.58 Å². The highest BCUT2D eigenvalue weighted by Crippen LogP contribution is 2.31. The van der Waals surface area contributed by atoms with Gasteiger partial charge in [-0.25, -0.2) is 0 Å². The molecule has 2 atom stereocenters. The summed E-state index contributed by atoms with van der Waals surface area (Å²) in [6, 6.07) is 0.785. The number of fused-ring (bicyclic) bond motifs is 1. The van der Waals surface area contributed by atoms with Gasteiger partial charge in [0.2, 0.25) is 5.84 Å². The third-order valence-electron chi connectivity index (χ3n) is 4.03. The Morgan fingerprint density at radius 1 is 1.33 bits per heavy atom. The van der Waals surface area contributed by atoms with Crippen molar-refractivity contribution in [2.75, 3.05) is 19.6 Å². The van der Waals surface area contributed by atoms with Crippen molar-refractivity contribution in [2.45, 2.75) is 38.1 Å². The quantitative estimate of drug-likeness (QED) is 0.589. The first-order chi connectivity index (χ1) is 7.43. The Labute approximate surface area is 91.3 Å². The van der Waals surface area contributed by atoms with Crippen LogP contribution in [0.4, 0.5) is 0 Å². The predicted octanol–water partition coefficient (Wildman–Crippen LogP) is 1.03. The summed E-state index contributed by atoms with van der Waals surface area (Å²) in [5, 5.41) is 3.74. The molecular weight excluding hydrogens is 186 g/mol. The lowest BCUT2D eigenvalue weighted by Crippen LogP contribution is -2.37. The van der Waals surface area contributed by atoms with Crippen molar-refractivity contribution in [1.29, 1.82) is 0 Å². The van der Waals surface area contributed by atoms with Crippen LogP contribution in [0, 0.1) is 5.92 Å². The molecule has 2 aliphatic heterocycles. The van der Waals surface area contributed by atoms with Crippen LogP contribution in [-0.4, -0.2) is 42.3 Å². The van der Waals surface area contributed by atoms with Gasteiger partial charge >= 0.3 is 0 Å². The molecule has 0 aromatic heterocycles. The Kier molecular flexibility index (Phi) is 2.47. The Bertz CT molecular complexity index is 290. The molecule has 3 heteroatoms. The van der Waals surface area contributed by atoms with Gasteiger partial charge in [-0.3, -0.25) is 14.9 Å². The van der Waals surface area contributed by atoms with Gasteiger partial charge in [0.1, 0.15) is 13.1 Å². The van der Waals surface area contributed by atoms with Gasteiger partial charge in [0, 0.05) is 12.1 Å². The second kappa shape index (κ2) is 3.95. The zero-order valence-corrected chi connectivity index (χ0v) is 9.28. The fourth-order valence-electron chi connectivity index (χ4n) is 3.15. The molecule has 2 heterocycles. The van der Waals surface area contributed by atoms with Crippen molar-refractivity contribution in [1.82, 2.24) is 5.32 Å². The second-order valence-corrected chi connectivity index (χ2v) is 4.98. The molecule has 2 unspecified atom stereocenters. The Morgan fingerprint density at radius 3 is 3.07 bits per heavy atom. The van der Waals surface area contributed by atoms with Gasteiger partial charge in [-0.2, -0.15) is 0 Å². The number of aliphatic imine (C=N–C) groups is 1. The molecule has 1 N–H and O–H groups in total. The maximum absolute atomic E-state index is 4.28. The van der Waals surface area contributed by atoms with Gasteiger partial charge in [0.05, 0.1) is 19.0 Å². The van der Waals surface area contributed by atoms with Gasteiger partial charge in [-0.1, -0.05) is 6.42 Å². The van der Waals surface area contributed by atoms with Crippen LogP contribution in [-0.2, 0) is 0 Å². The van der Waals surface area contributed by atoms with Crippen molar-refractivity contribution in [3.05, 3.63) is 0 Å². The molecule has 0 aromatic carbocycles. The standard InChI is InChI=1S/C12H19N3/c1-2-4-11-10(3-1)9-12(14-11)15-7-5-13-6-8-15/h5,10-11H,1-4,6-9H2/p+1. The summed E-state index contributed by atoms with van der Waals surface area (Å²) in [6.07, 6.45) is 9.03. The van der Waals surface area contributed by atoms with E-state index in [1.807, 2.05) is 0 Å². The van der Waals surface area contributed by atoms with E-state index in [0.717, 1.165) is 31.6 Å². The highest BCUT2D eigenvalue weighted by molar-refractivity contribution is 5.81. The number of nitrogens with zero attached hydrogens (tertiary/aromatic N) is 2. The van der Waals surface area contributed by atoms with E-state index in [9.17, 15) is 0 Å². The molecule has 3 aliphatic rings. The topological polar surface area (TPSA) is 27.4 Å². The normalized spacial score (nSPS) is 40.0. The molecule has 1 saturated heterocycles. The van der Waals surface area contributed by atoms with E-state index >= 15 is 0 Å². The zero-order valence-electron chi connectivity index (χ0n) is 9.28. The summed E-state index contributed by atoms with van der Waals surface area (Å²) in [4.78, 5) is 4.28. The van der Waals surface area contributed by atoms with Crippen LogP contribution in [0.2, 0.25) is 0 Å². The molecule has 0 amide bonds. The first-order valence-corrected chi connectivity index (χ1v) is 6.29. The molecule has 3 rings (SSSR count). The number of amidine groups is 1. The van der Waals surface area contributed by atoms with Crippen LogP contribution < -0.4 is 5.32 Å². The SMILES string of the molecule is C1=NCC[N+](=C2CC3CCCCC3N2)C1.